The van der Waals surface area contributed by atoms with E-state index in [0.717, 1.165) is 0 Å². The third-order valence-corrected chi connectivity index (χ3v) is 3.95. The van der Waals surface area contributed by atoms with Crippen molar-refractivity contribution < 1.29 is 4.74 Å². The smallest absolute Gasteiger partial charge is 0.0978 e. The minimum Gasteiger partial charge on any atom is -0.367 e. The summed E-state index contributed by atoms with van der Waals surface area (Å²) in [6, 6.07) is 0. The lowest BCUT2D eigenvalue weighted by Crippen LogP contribution is -2.23. The van der Waals surface area contributed by atoms with E-state index in [1.165, 1.54) is 12.8 Å². The molecule has 0 amide bonds. The van der Waals surface area contributed by atoms with Crippen LogP contribution >= 0.6 is 31.9 Å². The van der Waals surface area contributed by atoms with Gasteiger partial charge in [-0.1, -0.05) is 31.9 Å². The standard InChI is InChI=1S/C6H8Br2O/c7-3-1-2-4(8)6-5(3)9-6/h3-6H,1-2H2/t3-,4-,5?,6?/m1/s1. The van der Waals surface area contributed by atoms with Gasteiger partial charge in [-0.05, 0) is 12.8 Å². The molecule has 0 bridgehead atoms. The Morgan fingerprint density at radius 3 is 1.89 bits per heavy atom. The molecule has 0 radical (unpaired) electrons. The van der Waals surface area contributed by atoms with Crippen LogP contribution in [0, 0.1) is 0 Å². The van der Waals surface area contributed by atoms with E-state index in [4.69, 9.17) is 4.74 Å². The molecule has 2 aliphatic rings. The highest BCUT2D eigenvalue weighted by atomic mass is 79.9. The summed E-state index contributed by atoms with van der Waals surface area (Å²) in [6.45, 7) is 0. The van der Waals surface area contributed by atoms with Crippen LogP contribution in [0.1, 0.15) is 12.8 Å². The first-order valence-electron chi connectivity index (χ1n) is 3.22. The van der Waals surface area contributed by atoms with Crippen LogP contribution in [0.2, 0.25) is 0 Å². The molecule has 0 aromatic rings. The molecule has 0 aromatic heterocycles. The lowest BCUT2D eigenvalue weighted by atomic mass is 10.0. The topological polar surface area (TPSA) is 12.5 Å². The molecule has 2 rings (SSSR count). The normalized spacial score (nSPS) is 56.7. The second-order valence-electron chi connectivity index (χ2n) is 2.67. The fraction of sp³-hybridized carbons (Fsp3) is 1.00. The Labute approximate surface area is 71.4 Å². The van der Waals surface area contributed by atoms with Crippen LogP contribution in [-0.2, 0) is 4.74 Å². The first-order valence-corrected chi connectivity index (χ1v) is 5.06. The molecular formula is C6H8Br2O. The third-order valence-electron chi connectivity index (χ3n) is 1.99. The minimum absolute atomic E-state index is 0.517. The SMILES string of the molecule is Br[C@@H]1CC[C@@H](Br)C2OC21. The zero-order valence-corrected chi connectivity index (χ0v) is 8.06. The number of alkyl halides is 2. The number of halogens is 2. The molecule has 52 valence electrons. The van der Waals surface area contributed by atoms with E-state index in [2.05, 4.69) is 31.9 Å². The van der Waals surface area contributed by atoms with Crippen LogP contribution in [0.25, 0.3) is 0 Å². The Hall–Kier alpha value is 0.920. The fourth-order valence-corrected chi connectivity index (χ4v) is 2.74. The van der Waals surface area contributed by atoms with Gasteiger partial charge >= 0.3 is 0 Å². The van der Waals surface area contributed by atoms with E-state index < -0.39 is 0 Å². The van der Waals surface area contributed by atoms with Gasteiger partial charge < -0.3 is 4.74 Å². The van der Waals surface area contributed by atoms with Crippen molar-refractivity contribution in [3.63, 3.8) is 0 Å². The maximum atomic E-state index is 5.41. The van der Waals surface area contributed by atoms with Crippen molar-refractivity contribution in [1.82, 2.24) is 0 Å². The summed E-state index contributed by atoms with van der Waals surface area (Å²) in [5, 5.41) is 0. The molecule has 4 atom stereocenters. The fourth-order valence-electron chi connectivity index (χ4n) is 1.37. The summed E-state index contributed by atoms with van der Waals surface area (Å²) in [5.41, 5.74) is 0. The number of epoxide rings is 1. The summed E-state index contributed by atoms with van der Waals surface area (Å²) < 4.78 is 5.41. The van der Waals surface area contributed by atoms with E-state index in [-0.39, 0.29) is 0 Å². The number of rotatable bonds is 0. The molecule has 1 aliphatic heterocycles. The minimum atomic E-state index is 0.517. The van der Waals surface area contributed by atoms with Crippen LogP contribution in [0.4, 0.5) is 0 Å². The van der Waals surface area contributed by atoms with Crippen LogP contribution in [0.3, 0.4) is 0 Å². The van der Waals surface area contributed by atoms with E-state index >= 15 is 0 Å². The van der Waals surface area contributed by atoms with Crippen molar-refractivity contribution in [3.8, 4) is 0 Å². The van der Waals surface area contributed by atoms with Crippen LogP contribution in [0.15, 0.2) is 0 Å². The number of hydrogen-bond acceptors (Lipinski definition) is 1. The zero-order valence-electron chi connectivity index (χ0n) is 4.89. The maximum Gasteiger partial charge on any atom is 0.0978 e. The summed E-state index contributed by atoms with van der Waals surface area (Å²) in [5.74, 6) is 0. The number of hydrogen-bond donors (Lipinski definition) is 0. The highest BCUT2D eigenvalue weighted by molar-refractivity contribution is 9.10. The van der Waals surface area contributed by atoms with Crippen molar-refractivity contribution >= 4 is 31.9 Å². The Bertz CT molecular complexity index is 114. The summed E-state index contributed by atoms with van der Waals surface area (Å²) in [4.78, 5) is 1.24. The molecule has 0 aromatic carbocycles. The number of ether oxygens (including phenoxy) is 1. The second kappa shape index (κ2) is 2.21. The maximum absolute atomic E-state index is 5.41. The lowest BCUT2D eigenvalue weighted by Gasteiger charge is -2.15. The molecule has 3 heteroatoms. The molecule has 2 unspecified atom stereocenters. The van der Waals surface area contributed by atoms with Gasteiger partial charge in [0, 0.05) is 9.65 Å². The molecule has 1 saturated carbocycles. The highest BCUT2D eigenvalue weighted by Crippen LogP contribution is 2.43. The largest absolute Gasteiger partial charge is 0.367 e. The van der Waals surface area contributed by atoms with Crippen molar-refractivity contribution in [1.29, 1.82) is 0 Å². The Morgan fingerprint density at radius 1 is 1.00 bits per heavy atom. The van der Waals surface area contributed by atoms with Crippen molar-refractivity contribution in [2.24, 2.45) is 0 Å². The Kier molecular flexibility index (Phi) is 1.62. The lowest BCUT2D eigenvalue weighted by molar-refractivity contribution is 0.379. The van der Waals surface area contributed by atoms with Gasteiger partial charge in [0.25, 0.3) is 0 Å². The van der Waals surface area contributed by atoms with Gasteiger partial charge in [0.2, 0.25) is 0 Å². The van der Waals surface area contributed by atoms with Crippen molar-refractivity contribution in [3.05, 3.63) is 0 Å². The third kappa shape index (κ3) is 1.08. The van der Waals surface area contributed by atoms with Gasteiger partial charge in [-0.15, -0.1) is 0 Å². The first kappa shape index (κ1) is 6.62. The van der Waals surface area contributed by atoms with E-state index in [1.54, 1.807) is 0 Å². The quantitative estimate of drug-likeness (QED) is 0.477. The van der Waals surface area contributed by atoms with Gasteiger partial charge in [-0.3, -0.25) is 0 Å². The molecule has 1 nitrogen and oxygen atoms in total. The molecule has 0 N–H and O–H groups in total. The average Bonchev–Trinajstić information content (AvgIpc) is 2.57. The first-order chi connectivity index (χ1) is 4.29. The monoisotopic (exact) mass is 254 g/mol. The van der Waals surface area contributed by atoms with Gasteiger partial charge in [0.15, 0.2) is 0 Å². The molecule has 1 aliphatic carbocycles. The van der Waals surface area contributed by atoms with Crippen LogP contribution < -0.4 is 0 Å². The molecule has 1 heterocycles. The molecular weight excluding hydrogens is 248 g/mol. The van der Waals surface area contributed by atoms with E-state index in [9.17, 15) is 0 Å². The van der Waals surface area contributed by atoms with Crippen LogP contribution in [0.5, 0.6) is 0 Å². The van der Waals surface area contributed by atoms with Gasteiger partial charge in [-0.2, -0.15) is 0 Å². The van der Waals surface area contributed by atoms with Gasteiger partial charge in [0.1, 0.15) is 0 Å². The Morgan fingerprint density at radius 2 is 1.44 bits per heavy atom. The number of fused-ring (bicyclic) bond motifs is 1. The van der Waals surface area contributed by atoms with Crippen molar-refractivity contribution in [2.45, 2.75) is 34.7 Å². The molecule has 1 saturated heterocycles. The zero-order chi connectivity index (χ0) is 6.43. The Balaban J connectivity index is 2.01. The summed E-state index contributed by atoms with van der Waals surface area (Å²) in [7, 11) is 0. The van der Waals surface area contributed by atoms with Crippen molar-refractivity contribution in [2.75, 3.05) is 0 Å². The second-order valence-corrected chi connectivity index (χ2v) is 5.03. The molecule has 2 fully saturated rings. The molecule has 9 heavy (non-hydrogen) atoms. The van der Waals surface area contributed by atoms with Gasteiger partial charge in [-0.25, -0.2) is 0 Å². The summed E-state index contributed by atoms with van der Waals surface area (Å²) in [6.07, 6.45) is 3.53. The summed E-state index contributed by atoms with van der Waals surface area (Å²) >= 11 is 7.15. The predicted molar refractivity (Wildman–Crippen MR) is 43.3 cm³/mol. The average molecular weight is 256 g/mol. The predicted octanol–water partition coefficient (Wildman–Crippen LogP) is 2.07. The van der Waals surface area contributed by atoms with Crippen LogP contribution in [-0.4, -0.2) is 21.9 Å². The van der Waals surface area contributed by atoms with Gasteiger partial charge in [0.05, 0.1) is 12.2 Å². The van der Waals surface area contributed by atoms with E-state index in [0.29, 0.717) is 21.9 Å². The molecule has 0 spiro atoms. The highest BCUT2D eigenvalue weighted by Gasteiger charge is 2.50. The van der Waals surface area contributed by atoms with E-state index in [1.807, 2.05) is 0 Å².